The van der Waals surface area contributed by atoms with Crippen LogP contribution >= 0.6 is 0 Å². The molecule has 3 N–H and O–H groups in total. The molecule has 10 nitrogen and oxygen atoms in total. The Morgan fingerprint density at radius 3 is 2.46 bits per heavy atom. The van der Waals surface area contributed by atoms with Gasteiger partial charge in [-0.25, -0.2) is 13.4 Å². The second-order valence-electron chi connectivity index (χ2n) is 8.65. The molecule has 0 radical (unpaired) electrons. The van der Waals surface area contributed by atoms with Crippen LogP contribution in [0.25, 0.3) is 5.65 Å². The summed E-state index contributed by atoms with van der Waals surface area (Å²) >= 11 is 0. The van der Waals surface area contributed by atoms with Crippen LogP contribution in [0.1, 0.15) is 49.4 Å². The highest BCUT2D eigenvalue weighted by atomic mass is 32.2. The number of fused-ring (bicyclic) bond motifs is 1. The van der Waals surface area contributed by atoms with Gasteiger partial charge in [0.15, 0.2) is 0 Å². The first kappa shape index (κ1) is 24.4. The Kier molecular flexibility index (Phi) is 7.15. The molecule has 1 saturated carbocycles. The van der Waals surface area contributed by atoms with Crippen molar-refractivity contribution in [2.45, 2.75) is 43.9 Å². The Labute approximate surface area is 202 Å². The molecule has 1 aliphatic rings. The van der Waals surface area contributed by atoms with E-state index in [4.69, 9.17) is 0 Å². The lowest BCUT2D eigenvalue weighted by Crippen LogP contribution is -2.31. The van der Waals surface area contributed by atoms with Crippen LogP contribution in [0.2, 0.25) is 0 Å². The van der Waals surface area contributed by atoms with Crippen LogP contribution in [0.15, 0.2) is 58.5 Å². The number of rotatable bonds is 7. The maximum Gasteiger partial charge on any atom is 0.282 e. The Balaban J connectivity index is 1.53. The normalized spacial score (nSPS) is 14.4. The highest BCUT2D eigenvalue weighted by Gasteiger charge is 2.19. The number of anilines is 2. The minimum absolute atomic E-state index is 0.0908. The van der Waals surface area contributed by atoms with Gasteiger partial charge in [-0.2, -0.15) is 0 Å². The number of hydrogen-bond donors (Lipinski definition) is 3. The van der Waals surface area contributed by atoms with E-state index in [2.05, 4.69) is 20.3 Å². The number of nitrogens with zero attached hydrogens (tertiary/aromatic N) is 2. The Hall–Kier alpha value is -3.73. The Morgan fingerprint density at radius 2 is 1.77 bits per heavy atom. The van der Waals surface area contributed by atoms with Crippen LogP contribution in [0.5, 0.6) is 0 Å². The summed E-state index contributed by atoms with van der Waals surface area (Å²) in [5, 5.41) is 5.49. The van der Waals surface area contributed by atoms with Gasteiger partial charge in [-0.05, 0) is 55.2 Å². The molecule has 3 aromatic rings. The summed E-state index contributed by atoms with van der Waals surface area (Å²) < 4.78 is 29.0. The van der Waals surface area contributed by atoms with Crippen molar-refractivity contribution in [3.63, 3.8) is 0 Å². The van der Waals surface area contributed by atoms with Crippen LogP contribution < -0.4 is 20.9 Å². The van der Waals surface area contributed by atoms with Crippen LogP contribution in [0, 0.1) is 5.92 Å². The van der Waals surface area contributed by atoms with Gasteiger partial charge in [-0.3, -0.25) is 23.5 Å². The lowest BCUT2D eigenvalue weighted by molar-refractivity contribution is -0.114. The van der Waals surface area contributed by atoms with E-state index in [1.165, 1.54) is 62.7 Å². The second-order valence-corrected chi connectivity index (χ2v) is 10.3. The lowest BCUT2D eigenvalue weighted by atomic mass is 9.89. The Bertz CT molecular complexity index is 1410. The van der Waals surface area contributed by atoms with E-state index in [1.807, 2.05) is 0 Å². The number of sulfonamides is 1. The predicted molar refractivity (Wildman–Crippen MR) is 132 cm³/mol. The van der Waals surface area contributed by atoms with Gasteiger partial charge in [0.25, 0.3) is 21.5 Å². The van der Waals surface area contributed by atoms with E-state index >= 15 is 0 Å². The number of carbonyl (C=O) groups excluding carboxylic acids is 2. The molecule has 0 unspecified atom stereocenters. The number of pyridine rings is 1. The van der Waals surface area contributed by atoms with Gasteiger partial charge < -0.3 is 10.6 Å². The van der Waals surface area contributed by atoms with Crippen molar-refractivity contribution in [3.05, 3.63) is 64.7 Å². The number of amides is 2. The number of benzene rings is 1. The first-order valence-corrected chi connectivity index (χ1v) is 12.9. The minimum atomic E-state index is -4.09. The molecule has 0 aliphatic heterocycles. The Morgan fingerprint density at radius 1 is 1.06 bits per heavy atom. The summed E-state index contributed by atoms with van der Waals surface area (Å²) in [7, 11) is -4.09. The van der Waals surface area contributed by atoms with Crippen LogP contribution in [-0.2, 0) is 14.8 Å². The van der Waals surface area contributed by atoms with Crippen molar-refractivity contribution in [1.82, 2.24) is 14.7 Å². The zero-order valence-electron chi connectivity index (χ0n) is 19.3. The summed E-state index contributed by atoms with van der Waals surface area (Å²) in [5.41, 5.74) is 0.0916. The molecule has 1 fully saturated rings. The van der Waals surface area contributed by atoms with Gasteiger partial charge >= 0.3 is 0 Å². The number of hydrogen-bond acceptors (Lipinski definition) is 6. The second kappa shape index (κ2) is 10.3. The topological polar surface area (TPSA) is 139 Å². The third-order valence-electron chi connectivity index (χ3n) is 5.97. The maximum atomic E-state index is 13.0. The summed E-state index contributed by atoms with van der Waals surface area (Å²) in [5.74, 6) is -0.114. The highest BCUT2D eigenvalue weighted by molar-refractivity contribution is 7.92. The molecular formula is C24H27N5O5S. The predicted octanol–water partition coefficient (Wildman–Crippen LogP) is 2.76. The average Bonchev–Trinajstić information content (AvgIpc) is 2.84. The van der Waals surface area contributed by atoms with Crippen molar-refractivity contribution >= 4 is 38.9 Å². The summed E-state index contributed by atoms with van der Waals surface area (Å²) in [6, 6.07) is 8.64. The largest absolute Gasteiger partial charge is 0.352 e. The van der Waals surface area contributed by atoms with Crippen LogP contribution in [0.3, 0.4) is 0 Å². The summed E-state index contributed by atoms with van der Waals surface area (Å²) in [6.07, 6.45) is 8.29. The van der Waals surface area contributed by atoms with E-state index in [1.54, 1.807) is 6.07 Å². The van der Waals surface area contributed by atoms with E-state index in [0.717, 1.165) is 23.4 Å². The molecule has 1 aliphatic carbocycles. The third kappa shape index (κ3) is 5.86. The van der Waals surface area contributed by atoms with Crippen molar-refractivity contribution in [3.8, 4) is 0 Å². The number of nitrogens with one attached hydrogen (secondary N) is 3. The van der Waals surface area contributed by atoms with E-state index in [-0.39, 0.29) is 33.6 Å². The molecule has 2 heterocycles. The molecule has 0 bridgehead atoms. The lowest BCUT2D eigenvalue weighted by Gasteiger charge is -2.21. The van der Waals surface area contributed by atoms with Gasteiger partial charge in [-0.15, -0.1) is 0 Å². The minimum Gasteiger partial charge on any atom is -0.352 e. The van der Waals surface area contributed by atoms with Crippen molar-refractivity contribution in [2.75, 3.05) is 16.6 Å². The van der Waals surface area contributed by atoms with Crippen molar-refractivity contribution in [2.24, 2.45) is 5.92 Å². The van der Waals surface area contributed by atoms with Gasteiger partial charge in [0.1, 0.15) is 11.3 Å². The van der Waals surface area contributed by atoms with Gasteiger partial charge in [0.2, 0.25) is 5.91 Å². The highest BCUT2D eigenvalue weighted by Crippen LogP contribution is 2.23. The fourth-order valence-corrected chi connectivity index (χ4v) is 5.18. The average molecular weight is 498 g/mol. The summed E-state index contributed by atoms with van der Waals surface area (Å²) in [6.45, 7) is 1.93. The molecule has 2 amide bonds. The number of carbonyl (C=O) groups is 2. The van der Waals surface area contributed by atoms with Crippen molar-refractivity contribution < 1.29 is 18.0 Å². The fraction of sp³-hybridized carbons (Fsp3) is 0.333. The summed E-state index contributed by atoms with van der Waals surface area (Å²) in [4.78, 5) is 40.9. The standard InChI is InChI=1S/C24H27N5O5S/c1-16(30)27-19-8-10-20(11-9-19)35(33,34)28-21-14-25-22-12-7-18(15-29(22)24(21)32)23(31)26-13-17-5-3-2-4-6-17/h7-12,14-15,17,28H,2-6,13H2,1H3,(H,26,31)(H,27,30). The van der Waals surface area contributed by atoms with Crippen LogP contribution in [-0.4, -0.2) is 36.2 Å². The van der Waals surface area contributed by atoms with E-state index in [9.17, 15) is 22.8 Å². The zero-order valence-corrected chi connectivity index (χ0v) is 20.1. The first-order chi connectivity index (χ1) is 16.7. The van der Waals surface area contributed by atoms with Crippen LogP contribution in [0.4, 0.5) is 11.4 Å². The van der Waals surface area contributed by atoms with Gasteiger partial charge in [-0.1, -0.05) is 19.3 Å². The molecule has 11 heteroatoms. The van der Waals surface area contributed by atoms with Crippen molar-refractivity contribution in [1.29, 1.82) is 0 Å². The quantitative estimate of drug-likeness (QED) is 0.459. The van der Waals surface area contributed by atoms with E-state index < -0.39 is 15.6 Å². The van der Waals surface area contributed by atoms with Gasteiger partial charge in [0.05, 0.1) is 16.7 Å². The van der Waals surface area contributed by atoms with E-state index in [0.29, 0.717) is 18.2 Å². The third-order valence-corrected chi connectivity index (χ3v) is 7.35. The first-order valence-electron chi connectivity index (χ1n) is 11.4. The molecular weight excluding hydrogens is 470 g/mol. The fourth-order valence-electron chi connectivity index (χ4n) is 4.14. The van der Waals surface area contributed by atoms with Gasteiger partial charge in [0, 0.05) is 25.4 Å². The molecule has 2 aromatic heterocycles. The smallest absolute Gasteiger partial charge is 0.282 e. The molecule has 184 valence electrons. The monoisotopic (exact) mass is 497 g/mol. The molecule has 0 saturated heterocycles. The SMILES string of the molecule is CC(=O)Nc1ccc(S(=O)(=O)Nc2cnc3ccc(C(=O)NCC4CCCCC4)cn3c2=O)cc1. The molecule has 35 heavy (non-hydrogen) atoms. The maximum absolute atomic E-state index is 13.0. The molecule has 0 spiro atoms. The molecule has 1 aromatic carbocycles. The number of aromatic nitrogens is 2. The molecule has 0 atom stereocenters. The zero-order chi connectivity index (χ0) is 25.0. The molecule has 4 rings (SSSR count).